The summed E-state index contributed by atoms with van der Waals surface area (Å²) >= 11 is 0. The molecule has 0 radical (unpaired) electrons. The fraction of sp³-hybridized carbons (Fsp3) is 0.477. The third kappa shape index (κ3) is 12.7. The minimum atomic E-state index is -1.23. The predicted molar refractivity (Wildman–Crippen MR) is 219 cm³/mol. The normalized spacial score (nSPS) is 14.3. The third-order valence-corrected chi connectivity index (χ3v) is 10.5. The number of hydrogen-bond acceptors (Lipinski definition) is 11. The first-order valence-electron chi connectivity index (χ1n) is 19.4. The van der Waals surface area contributed by atoms with Gasteiger partial charge in [-0.25, -0.2) is 4.79 Å². The molecule has 0 fully saturated rings. The number of hydrogen-bond donors (Lipinski definition) is 3. The van der Waals surface area contributed by atoms with Crippen molar-refractivity contribution < 1.29 is 48.4 Å². The van der Waals surface area contributed by atoms with E-state index in [0.717, 1.165) is 5.56 Å². The number of nitrogens with one attached hydrogen (secondary N) is 1. The van der Waals surface area contributed by atoms with E-state index in [0.29, 0.717) is 29.7 Å². The van der Waals surface area contributed by atoms with E-state index in [4.69, 9.17) is 14.2 Å². The summed E-state index contributed by atoms with van der Waals surface area (Å²) in [5.74, 6) is -3.22. The molecule has 6 atom stereocenters. The van der Waals surface area contributed by atoms with Crippen LogP contribution in [-0.4, -0.2) is 127 Å². The first-order chi connectivity index (χ1) is 27.4. The molecule has 58 heavy (non-hydrogen) atoms. The Morgan fingerprint density at radius 2 is 1.09 bits per heavy atom. The van der Waals surface area contributed by atoms with Crippen molar-refractivity contribution in [3.63, 3.8) is 0 Å². The summed E-state index contributed by atoms with van der Waals surface area (Å²) in [5, 5.41) is 22.6. The molecule has 0 saturated heterocycles. The van der Waals surface area contributed by atoms with Gasteiger partial charge in [0, 0.05) is 32.9 Å². The molecule has 0 bridgehead atoms. The van der Waals surface area contributed by atoms with Crippen LogP contribution in [0.15, 0.2) is 72.8 Å². The number of phenols is 2. The largest absolute Gasteiger partial charge is 0.508 e. The Balaban J connectivity index is 1.92. The van der Waals surface area contributed by atoms with Gasteiger partial charge < -0.3 is 39.5 Å². The van der Waals surface area contributed by atoms with Gasteiger partial charge in [0.15, 0.2) is 6.10 Å². The zero-order valence-corrected chi connectivity index (χ0v) is 35.3. The minimum absolute atomic E-state index is 0.00475. The molecule has 3 N–H and O–H groups in total. The van der Waals surface area contributed by atoms with Crippen LogP contribution in [0, 0.1) is 11.8 Å². The molecule has 14 heteroatoms. The van der Waals surface area contributed by atoms with Crippen LogP contribution in [0.2, 0.25) is 0 Å². The summed E-state index contributed by atoms with van der Waals surface area (Å²) in [7, 11) is 9.21. The van der Waals surface area contributed by atoms with Crippen molar-refractivity contribution in [2.24, 2.45) is 11.8 Å². The maximum atomic E-state index is 14.5. The van der Waals surface area contributed by atoms with E-state index < -0.39 is 71.8 Å². The lowest BCUT2D eigenvalue weighted by Crippen LogP contribution is -2.59. The number of aromatic hydroxyl groups is 2. The molecule has 3 aromatic carbocycles. The molecule has 316 valence electrons. The molecular weight excluding hydrogens is 745 g/mol. The van der Waals surface area contributed by atoms with Crippen LogP contribution in [0.25, 0.3) is 0 Å². The lowest BCUT2D eigenvalue weighted by Gasteiger charge is -2.36. The standard InChI is InChI=1S/C44H60N4O10/c1-11-28(4)39(58-44(55)36(46(5)6)25-31-16-22-34(56-9)23-17-31)40(51)45-38(27(2)3)42(53)47(7)35(24-29-12-18-32(49)19-13-29)41(52)48(8)37(43(54)57-10)26-30-14-20-33(50)21-15-30/h12-23,27-28,35-39,49-50H,11,24-26H2,1-10H3,(H,45,51)/t28-,35-,36+,37?,38+,39-/m1/s1. The maximum absolute atomic E-state index is 14.5. The van der Waals surface area contributed by atoms with Crippen LogP contribution in [0.1, 0.15) is 50.8 Å². The Hall–Kier alpha value is -5.63. The van der Waals surface area contributed by atoms with E-state index in [1.807, 2.05) is 19.1 Å². The number of esters is 2. The Kier molecular flexibility index (Phi) is 17.5. The molecule has 0 aliphatic heterocycles. The number of carbonyl (C=O) groups is 5. The van der Waals surface area contributed by atoms with E-state index >= 15 is 0 Å². The highest BCUT2D eigenvalue weighted by Crippen LogP contribution is 2.22. The molecule has 14 nitrogen and oxygen atoms in total. The highest BCUT2D eigenvalue weighted by molar-refractivity contribution is 5.95. The van der Waals surface area contributed by atoms with Crippen molar-refractivity contribution in [3.8, 4) is 17.2 Å². The van der Waals surface area contributed by atoms with Crippen LogP contribution in [0.5, 0.6) is 17.2 Å². The van der Waals surface area contributed by atoms with Crippen molar-refractivity contribution >= 4 is 29.7 Å². The van der Waals surface area contributed by atoms with Crippen molar-refractivity contribution in [1.29, 1.82) is 0 Å². The average molecular weight is 805 g/mol. The van der Waals surface area contributed by atoms with Gasteiger partial charge >= 0.3 is 11.9 Å². The van der Waals surface area contributed by atoms with Crippen LogP contribution < -0.4 is 10.1 Å². The lowest BCUT2D eigenvalue weighted by molar-refractivity contribution is -0.164. The van der Waals surface area contributed by atoms with E-state index in [2.05, 4.69) is 5.32 Å². The summed E-state index contributed by atoms with van der Waals surface area (Å²) in [4.78, 5) is 74.2. The first kappa shape index (κ1) is 46.8. The van der Waals surface area contributed by atoms with Gasteiger partial charge in [-0.05, 0) is 85.9 Å². The zero-order chi connectivity index (χ0) is 43.3. The lowest BCUT2D eigenvalue weighted by atomic mass is 9.96. The molecule has 0 aromatic heterocycles. The smallest absolute Gasteiger partial charge is 0.328 e. The fourth-order valence-corrected chi connectivity index (χ4v) is 6.43. The number of methoxy groups -OCH3 is 2. The molecule has 3 amide bonds. The number of likely N-dealkylation sites (N-methyl/N-ethyl adjacent to an activating group) is 3. The van der Waals surface area contributed by atoms with E-state index in [-0.39, 0.29) is 24.3 Å². The van der Waals surface area contributed by atoms with Gasteiger partial charge in [0.05, 0.1) is 14.2 Å². The molecule has 0 aliphatic rings. The molecular formula is C44H60N4O10. The number of benzene rings is 3. The monoisotopic (exact) mass is 804 g/mol. The summed E-state index contributed by atoms with van der Waals surface area (Å²) in [6.45, 7) is 7.18. The zero-order valence-electron chi connectivity index (χ0n) is 35.3. The minimum Gasteiger partial charge on any atom is -0.508 e. The quantitative estimate of drug-likeness (QED) is 0.141. The van der Waals surface area contributed by atoms with Crippen LogP contribution >= 0.6 is 0 Å². The molecule has 1 unspecified atom stereocenters. The number of amides is 3. The number of carbonyl (C=O) groups excluding carboxylic acids is 5. The highest BCUT2D eigenvalue weighted by atomic mass is 16.6. The Morgan fingerprint density at radius 3 is 1.52 bits per heavy atom. The molecule has 0 aliphatic carbocycles. The van der Waals surface area contributed by atoms with Gasteiger partial charge in [-0.15, -0.1) is 0 Å². The maximum Gasteiger partial charge on any atom is 0.328 e. The number of rotatable bonds is 20. The molecule has 3 rings (SSSR count). The van der Waals surface area contributed by atoms with Crippen molar-refractivity contribution in [1.82, 2.24) is 20.0 Å². The van der Waals surface area contributed by atoms with Crippen molar-refractivity contribution in [2.75, 3.05) is 42.4 Å². The summed E-state index contributed by atoms with van der Waals surface area (Å²) in [5.41, 5.74) is 2.15. The Labute approximate surface area is 342 Å². The number of nitrogens with zero attached hydrogens (tertiary/aromatic N) is 3. The summed E-state index contributed by atoms with van der Waals surface area (Å²) in [6, 6.07) is 15.6. The highest BCUT2D eigenvalue weighted by Gasteiger charge is 2.40. The molecule has 3 aromatic rings. The van der Waals surface area contributed by atoms with Crippen LogP contribution in [0.3, 0.4) is 0 Å². The topological polar surface area (TPSA) is 175 Å². The second kappa shape index (κ2) is 21.8. The molecule has 0 saturated carbocycles. The molecule has 0 heterocycles. The van der Waals surface area contributed by atoms with E-state index in [1.54, 1.807) is 83.3 Å². The Morgan fingerprint density at radius 1 is 0.638 bits per heavy atom. The fourth-order valence-electron chi connectivity index (χ4n) is 6.43. The van der Waals surface area contributed by atoms with Crippen LogP contribution in [0.4, 0.5) is 0 Å². The summed E-state index contributed by atoms with van der Waals surface area (Å²) in [6.07, 6.45) is -0.341. The first-order valence-corrected chi connectivity index (χ1v) is 19.4. The van der Waals surface area contributed by atoms with Gasteiger partial charge in [-0.1, -0.05) is 64.1 Å². The summed E-state index contributed by atoms with van der Waals surface area (Å²) < 4.78 is 16.3. The van der Waals surface area contributed by atoms with Gasteiger partial charge in [-0.2, -0.15) is 0 Å². The molecule has 0 spiro atoms. The van der Waals surface area contributed by atoms with Crippen molar-refractivity contribution in [3.05, 3.63) is 89.5 Å². The van der Waals surface area contributed by atoms with Gasteiger partial charge in [-0.3, -0.25) is 24.1 Å². The van der Waals surface area contributed by atoms with E-state index in [1.165, 1.54) is 55.3 Å². The van der Waals surface area contributed by atoms with Gasteiger partial charge in [0.2, 0.25) is 11.8 Å². The third-order valence-electron chi connectivity index (χ3n) is 10.5. The van der Waals surface area contributed by atoms with Crippen molar-refractivity contribution in [2.45, 2.75) is 83.6 Å². The second-order valence-electron chi connectivity index (χ2n) is 15.2. The van der Waals surface area contributed by atoms with Gasteiger partial charge in [0.1, 0.15) is 41.4 Å². The SMILES string of the molecule is CC[C@@H](C)[C@@H](OC(=O)[C@H](Cc1ccc(OC)cc1)N(C)C)C(=O)N[C@H](C(=O)N(C)[C@H](Cc1ccc(O)cc1)C(=O)N(C)C(Cc1ccc(O)cc1)C(=O)OC)C(C)C. The van der Waals surface area contributed by atoms with Gasteiger partial charge in [0.25, 0.3) is 5.91 Å². The number of ether oxygens (including phenoxy) is 3. The average Bonchev–Trinajstić information content (AvgIpc) is 3.21. The predicted octanol–water partition coefficient (Wildman–Crippen LogP) is 3.99. The second-order valence-corrected chi connectivity index (χ2v) is 15.2. The Bertz CT molecular complexity index is 1820. The van der Waals surface area contributed by atoms with E-state index in [9.17, 15) is 34.2 Å². The van der Waals surface area contributed by atoms with Crippen LogP contribution in [-0.2, 0) is 52.7 Å². The number of phenolic OH excluding ortho intramolecular Hbond substituents is 2.